The van der Waals surface area contributed by atoms with Crippen molar-refractivity contribution in [2.24, 2.45) is 23.2 Å². The predicted molar refractivity (Wildman–Crippen MR) is 66.8 cm³/mol. The monoisotopic (exact) mass is 254 g/mol. The predicted octanol–water partition coefficient (Wildman–Crippen LogP) is 3.49. The standard InChI is InChI=1S/C15H23FO2/c1-14(2,16)13(17)18-9-15-6-10-3-11(7-15)5-12(4-10)8-15/h10-12H,3-9H2,1-2H3. The third-order valence-corrected chi connectivity index (χ3v) is 5.16. The molecule has 0 amide bonds. The molecule has 4 bridgehead atoms. The Kier molecular flexibility index (Phi) is 2.73. The van der Waals surface area contributed by atoms with Gasteiger partial charge in [-0.2, -0.15) is 0 Å². The minimum absolute atomic E-state index is 0.190. The van der Waals surface area contributed by atoms with Crippen LogP contribution in [0.3, 0.4) is 0 Å². The van der Waals surface area contributed by atoms with E-state index >= 15 is 0 Å². The molecule has 0 heterocycles. The van der Waals surface area contributed by atoms with Crippen LogP contribution in [0.4, 0.5) is 4.39 Å². The van der Waals surface area contributed by atoms with Crippen molar-refractivity contribution >= 4 is 5.97 Å². The summed E-state index contributed by atoms with van der Waals surface area (Å²) in [5.41, 5.74) is -1.67. The Morgan fingerprint density at radius 2 is 1.61 bits per heavy atom. The number of alkyl halides is 1. The Morgan fingerprint density at radius 1 is 1.17 bits per heavy atom. The summed E-state index contributed by atoms with van der Waals surface area (Å²) in [6, 6.07) is 0. The molecular weight excluding hydrogens is 231 g/mol. The van der Waals surface area contributed by atoms with Gasteiger partial charge in [-0.05, 0) is 70.1 Å². The molecule has 2 nitrogen and oxygen atoms in total. The summed E-state index contributed by atoms with van der Waals surface area (Å²) in [6.07, 6.45) is 7.71. The average molecular weight is 254 g/mol. The van der Waals surface area contributed by atoms with Crippen molar-refractivity contribution in [2.45, 2.75) is 58.0 Å². The highest BCUT2D eigenvalue weighted by Crippen LogP contribution is 2.60. The van der Waals surface area contributed by atoms with Crippen LogP contribution in [0.25, 0.3) is 0 Å². The van der Waals surface area contributed by atoms with E-state index in [1.54, 1.807) is 0 Å². The van der Waals surface area contributed by atoms with Gasteiger partial charge in [0, 0.05) is 5.41 Å². The molecular formula is C15H23FO2. The first-order chi connectivity index (χ1) is 8.36. The lowest BCUT2D eigenvalue weighted by atomic mass is 9.50. The Labute approximate surface area is 108 Å². The zero-order valence-corrected chi connectivity index (χ0v) is 11.4. The van der Waals surface area contributed by atoms with Crippen molar-refractivity contribution in [1.29, 1.82) is 0 Å². The van der Waals surface area contributed by atoms with Gasteiger partial charge >= 0.3 is 5.97 Å². The van der Waals surface area contributed by atoms with Crippen LogP contribution in [-0.2, 0) is 9.53 Å². The zero-order chi connectivity index (χ0) is 13.0. The third kappa shape index (κ3) is 2.17. The molecule has 0 unspecified atom stereocenters. The SMILES string of the molecule is CC(C)(F)C(=O)OCC12CC3CC(CC(C3)C1)C2. The molecule has 4 saturated carbocycles. The number of halogens is 1. The number of hydrogen-bond donors (Lipinski definition) is 0. The molecule has 0 aromatic heterocycles. The zero-order valence-electron chi connectivity index (χ0n) is 11.4. The van der Waals surface area contributed by atoms with Gasteiger partial charge in [0.15, 0.2) is 0 Å². The van der Waals surface area contributed by atoms with E-state index in [9.17, 15) is 9.18 Å². The fourth-order valence-corrected chi connectivity index (χ4v) is 4.86. The summed E-state index contributed by atoms with van der Waals surface area (Å²) in [5.74, 6) is 1.83. The number of carbonyl (C=O) groups excluding carboxylic acids is 1. The summed E-state index contributed by atoms with van der Waals surface area (Å²) in [7, 11) is 0. The second kappa shape index (κ2) is 3.94. The molecule has 0 aromatic carbocycles. The molecule has 0 aromatic rings. The first-order valence-corrected chi connectivity index (χ1v) is 7.22. The van der Waals surface area contributed by atoms with Crippen LogP contribution < -0.4 is 0 Å². The van der Waals surface area contributed by atoms with Gasteiger partial charge in [-0.3, -0.25) is 0 Å². The second-order valence-corrected chi connectivity index (χ2v) is 7.47. The largest absolute Gasteiger partial charge is 0.463 e. The smallest absolute Gasteiger partial charge is 0.343 e. The Morgan fingerprint density at radius 3 is 2.00 bits per heavy atom. The molecule has 0 spiro atoms. The van der Waals surface area contributed by atoms with Crippen LogP contribution in [0.1, 0.15) is 52.4 Å². The van der Waals surface area contributed by atoms with Crippen LogP contribution in [0, 0.1) is 23.2 Å². The van der Waals surface area contributed by atoms with Gasteiger partial charge in [0.05, 0.1) is 6.61 Å². The van der Waals surface area contributed by atoms with Crippen LogP contribution in [-0.4, -0.2) is 18.2 Å². The molecule has 4 fully saturated rings. The number of ether oxygens (including phenoxy) is 1. The van der Waals surface area contributed by atoms with E-state index in [0.29, 0.717) is 6.61 Å². The van der Waals surface area contributed by atoms with E-state index in [4.69, 9.17) is 4.74 Å². The molecule has 3 heteroatoms. The van der Waals surface area contributed by atoms with Gasteiger partial charge in [-0.15, -0.1) is 0 Å². The van der Waals surface area contributed by atoms with Crippen molar-refractivity contribution in [3.05, 3.63) is 0 Å². The first kappa shape index (κ1) is 12.4. The van der Waals surface area contributed by atoms with Gasteiger partial charge in [-0.25, -0.2) is 9.18 Å². The first-order valence-electron chi connectivity index (χ1n) is 7.22. The van der Waals surface area contributed by atoms with Crippen LogP contribution >= 0.6 is 0 Å². The quantitative estimate of drug-likeness (QED) is 0.721. The topological polar surface area (TPSA) is 26.3 Å². The maximum absolute atomic E-state index is 13.5. The fourth-order valence-electron chi connectivity index (χ4n) is 4.86. The Bertz CT molecular complexity index is 321. The van der Waals surface area contributed by atoms with Gasteiger partial charge in [0.1, 0.15) is 0 Å². The number of hydrogen-bond acceptors (Lipinski definition) is 2. The molecule has 4 aliphatic rings. The van der Waals surface area contributed by atoms with Gasteiger partial charge in [0.25, 0.3) is 0 Å². The summed E-state index contributed by atoms with van der Waals surface area (Å²) in [5, 5.41) is 0. The number of rotatable bonds is 3. The highest BCUT2D eigenvalue weighted by atomic mass is 19.1. The van der Waals surface area contributed by atoms with Crippen LogP contribution in [0.5, 0.6) is 0 Å². The van der Waals surface area contributed by atoms with Crippen molar-refractivity contribution in [3.63, 3.8) is 0 Å². The average Bonchev–Trinajstić information content (AvgIpc) is 2.22. The highest BCUT2D eigenvalue weighted by Gasteiger charge is 2.51. The molecule has 0 N–H and O–H groups in total. The third-order valence-electron chi connectivity index (χ3n) is 5.16. The van der Waals surface area contributed by atoms with Gasteiger partial charge in [-0.1, -0.05) is 0 Å². The van der Waals surface area contributed by atoms with E-state index in [2.05, 4.69) is 0 Å². The van der Waals surface area contributed by atoms with Crippen LogP contribution in [0.2, 0.25) is 0 Å². The minimum Gasteiger partial charge on any atom is -0.463 e. The maximum atomic E-state index is 13.5. The van der Waals surface area contributed by atoms with Crippen molar-refractivity contribution in [2.75, 3.05) is 6.61 Å². The summed E-state index contributed by atoms with van der Waals surface area (Å²) in [6.45, 7) is 2.99. The highest BCUT2D eigenvalue weighted by molar-refractivity contribution is 5.78. The molecule has 102 valence electrons. The summed E-state index contributed by atoms with van der Waals surface area (Å²) >= 11 is 0. The van der Waals surface area contributed by atoms with Crippen LogP contribution in [0.15, 0.2) is 0 Å². The second-order valence-electron chi connectivity index (χ2n) is 7.47. The molecule has 0 aliphatic heterocycles. The number of esters is 1. The van der Waals surface area contributed by atoms with Crippen molar-refractivity contribution in [3.8, 4) is 0 Å². The molecule has 0 saturated heterocycles. The molecule has 0 radical (unpaired) electrons. The maximum Gasteiger partial charge on any atom is 0.343 e. The summed E-state index contributed by atoms with van der Waals surface area (Å²) in [4.78, 5) is 11.6. The van der Waals surface area contributed by atoms with E-state index in [1.807, 2.05) is 0 Å². The van der Waals surface area contributed by atoms with Crippen molar-refractivity contribution in [1.82, 2.24) is 0 Å². The van der Waals surface area contributed by atoms with E-state index in [-0.39, 0.29) is 5.41 Å². The van der Waals surface area contributed by atoms with E-state index in [1.165, 1.54) is 52.4 Å². The minimum atomic E-state index is -1.86. The van der Waals surface area contributed by atoms with Gasteiger partial charge < -0.3 is 4.74 Å². The normalized spacial score (nSPS) is 42.1. The lowest BCUT2D eigenvalue weighted by Gasteiger charge is -2.56. The molecule has 4 aliphatic carbocycles. The molecule has 0 atom stereocenters. The van der Waals surface area contributed by atoms with E-state index in [0.717, 1.165) is 17.8 Å². The Hall–Kier alpha value is -0.600. The summed E-state index contributed by atoms with van der Waals surface area (Å²) < 4.78 is 18.7. The lowest BCUT2D eigenvalue weighted by molar-refractivity contribution is -0.166. The van der Waals surface area contributed by atoms with Gasteiger partial charge in [0.2, 0.25) is 5.67 Å². The lowest BCUT2D eigenvalue weighted by Crippen LogP contribution is -2.49. The number of carbonyl (C=O) groups is 1. The van der Waals surface area contributed by atoms with Crippen molar-refractivity contribution < 1.29 is 13.9 Å². The van der Waals surface area contributed by atoms with E-state index < -0.39 is 11.6 Å². The Balaban J connectivity index is 1.64. The molecule has 4 rings (SSSR count). The fraction of sp³-hybridized carbons (Fsp3) is 0.933. The molecule has 18 heavy (non-hydrogen) atoms.